The van der Waals surface area contributed by atoms with E-state index in [-0.39, 0.29) is 13.2 Å². The van der Waals surface area contributed by atoms with Crippen LogP contribution >= 0.6 is 31.3 Å². The molecule has 0 fully saturated rings. The van der Waals surface area contributed by atoms with Crippen LogP contribution in [0, 0.1) is 0 Å². The smallest absolute Gasteiger partial charge is 0.268 e. The number of phosphoric acid groups is 1. The molecule has 0 aliphatic heterocycles. The maximum Gasteiger partial charge on any atom is 0.268 e. The van der Waals surface area contributed by atoms with Crippen molar-refractivity contribution in [3.8, 4) is 0 Å². The van der Waals surface area contributed by atoms with Crippen LogP contribution < -0.4 is 10.6 Å². The molecular weight excluding hydrogens is 674 g/mol. The zero-order chi connectivity index (χ0) is 35.8. The minimum absolute atomic E-state index is 0.0266. The molecule has 296 valence electrons. The van der Waals surface area contributed by atoms with E-state index in [0.29, 0.717) is 26.4 Å². The molecule has 1 unspecified atom stereocenters. The summed E-state index contributed by atoms with van der Waals surface area (Å²) in [5.41, 5.74) is 3.62. The number of quaternary nitrogens is 1. The van der Waals surface area contributed by atoms with Crippen molar-refractivity contribution in [2.75, 3.05) is 62.6 Å². The van der Waals surface area contributed by atoms with Crippen molar-refractivity contribution in [2.24, 2.45) is 0 Å². The molecule has 0 bridgehead atoms. The molecule has 0 saturated carbocycles. The third kappa shape index (κ3) is 41.3. The standard InChI is InChI=1S/C39H82NO6PS2/c1-3-5-7-9-13-19-25-33-48-35-27-21-15-11-17-23-30-43-37-39(38-46-47(41,42)45-32-29-40)44-31-24-18-12-16-22-28-36-49-34-26-20-14-10-8-6-4-2/h39H,3-38,40H2,1-2H3,(H,41,42)/t39-/m1/s1. The fourth-order valence-electron chi connectivity index (χ4n) is 5.65. The largest absolute Gasteiger partial charge is 0.756 e. The summed E-state index contributed by atoms with van der Waals surface area (Å²) < 4.78 is 33.9. The molecule has 0 spiro atoms. The highest BCUT2D eigenvalue weighted by Crippen LogP contribution is 2.38. The van der Waals surface area contributed by atoms with Gasteiger partial charge in [-0.3, -0.25) is 4.57 Å². The van der Waals surface area contributed by atoms with Gasteiger partial charge in [-0.2, -0.15) is 23.5 Å². The van der Waals surface area contributed by atoms with Crippen molar-refractivity contribution in [3.63, 3.8) is 0 Å². The fraction of sp³-hybridized carbons (Fsp3) is 1.00. The summed E-state index contributed by atoms with van der Waals surface area (Å²) in [6.07, 6.45) is 33.7. The van der Waals surface area contributed by atoms with Crippen LogP contribution in [-0.2, 0) is 23.1 Å². The van der Waals surface area contributed by atoms with Crippen LogP contribution in [-0.4, -0.2) is 68.7 Å². The van der Waals surface area contributed by atoms with Crippen LogP contribution in [0.4, 0.5) is 0 Å². The molecule has 2 atom stereocenters. The van der Waals surface area contributed by atoms with Gasteiger partial charge in [0.25, 0.3) is 7.82 Å². The number of ether oxygens (including phenoxy) is 2. The molecule has 0 aromatic carbocycles. The van der Waals surface area contributed by atoms with Gasteiger partial charge in [0.1, 0.15) is 12.7 Å². The van der Waals surface area contributed by atoms with Crippen LogP contribution in [0.2, 0.25) is 0 Å². The van der Waals surface area contributed by atoms with Gasteiger partial charge in [0.2, 0.25) is 0 Å². The van der Waals surface area contributed by atoms with E-state index in [4.69, 9.17) is 18.5 Å². The maximum absolute atomic E-state index is 12.0. The summed E-state index contributed by atoms with van der Waals surface area (Å²) in [5, 5.41) is 0. The molecule has 0 aliphatic rings. The van der Waals surface area contributed by atoms with E-state index in [1.54, 1.807) is 0 Å². The van der Waals surface area contributed by atoms with Crippen LogP contribution in [0.5, 0.6) is 0 Å². The van der Waals surface area contributed by atoms with Gasteiger partial charge in [0.05, 0.1) is 19.8 Å². The van der Waals surface area contributed by atoms with Gasteiger partial charge in [-0.25, -0.2) is 0 Å². The minimum atomic E-state index is -4.35. The van der Waals surface area contributed by atoms with Crippen molar-refractivity contribution in [3.05, 3.63) is 0 Å². The number of phosphoric ester groups is 1. The van der Waals surface area contributed by atoms with Crippen LogP contribution in [0.15, 0.2) is 0 Å². The second-order valence-electron chi connectivity index (χ2n) is 13.7. The summed E-state index contributed by atoms with van der Waals surface area (Å²) in [6, 6.07) is 0. The lowest BCUT2D eigenvalue weighted by atomic mass is 10.1. The first-order valence-corrected chi connectivity index (χ1v) is 24.6. The molecule has 0 amide bonds. The molecule has 0 radical (unpaired) electrons. The molecular formula is C39H82NO6PS2. The molecule has 0 aliphatic carbocycles. The highest BCUT2D eigenvalue weighted by Gasteiger charge is 2.16. The van der Waals surface area contributed by atoms with E-state index >= 15 is 0 Å². The molecule has 3 N–H and O–H groups in total. The molecule has 10 heteroatoms. The zero-order valence-corrected chi connectivity index (χ0v) is 35.0. The lowest BCUT2D eigenvalue weighted by Gasteiger charge is -2.25. The van der Waals surface area contributed by atoms with Crippen molar-refractivity contribution in [2.45, 2.75) is 187 Å². The number of unbranched alkanes of at least 4 members (excludes halogenated alkanes) is 22. The minimum Gasteiger partial charge on any atom is -0.756 e. The fourth-order valence-corrected chi connectivity index (χ4v) is 8.47. The predicted molar refractivity (Wildman–Crippen MR) is 214 cm³/mol. The third-order valence-electron chi connectivity index (χ3n) is 8.76. The number of hydrogen-bond donors (Lipinski definition) is 1. The topological polar surface area (TPSA) is 105 Å². The molecule has 49 heavy (non-hydrogen) atoms. The van der Waals surface area contributed by atoms with Gasteiger partial charge in [-0.05, 0) is 61.5 Å². The highest BCUT2D eigenvalue weighted by molar-refractivity contribution is 7.99. The van der Waals surface area contributed by atoms with Crippen LogP contribution in [0.3, 0.4) is 0 Å². The first-order valence-electron chi connectivity index (χ1n) is 20.8. The van der Waals surface area contributed by atoms with Crippen molar-refractivity contribution in [1.82, 2.24) is 0 Å². The Kier molecular flexibility index (Phi) is 42.0. The molecule has 0 aromatic heterocycles. The Balaban J connectivity index is 3.84. The van der Waals surface area contributed by atoms with Gasteiger partial charge in [0, 0.05) is 13.2 Å². The normalized spacial score (nSPS) is 13.6. The Morgan fingerprint density at radius 1 is 0.510 bits per heavy atom. The summed E-state index contributed by atoms with van der Waals surface area (Å²) in [5.74, 6) is 5.25. The van der Waals surface area contributed by atoms with E-state index < -0.39 is 13.9 Å². The average Bonchev–Trinajstić information content (AvgIpc) is 3.10. The highest BCUT2D eigenvalue weighted by atomic mass is 32.2. The van der Waals surface area contributed by atoms with Gasteiger partial charge < -0.3 is 29.1 Å². The number of rotatable bonds is 43. The monoisotopic (exact) mass is 756 g/mol. The molecule has 7 nitrogen and oxygen atoms in total. The van der Waals surface area contributed by atoms with Gasteiger partial charge in [-0.15, -0.1) is 0 Å². The van der Waals surface area contributed by atoms with Gasteiger partial charge in [0.15, 0.2) is 0 Å². The number of hydrogen-bond acceptors (Lipinski definition) is 8. The first kappa shape index (κ1) is 49.7. The van der Waals surface area contributed by atoms with E-state index in [9.17, 15) is 9.46 Å². The summed E-state index contributed by atoms with van der Waals surface area (Å²) in [4.78, 5) is 12.0. The van der Waals surface area contributed by atoms with Crippen LogP contribution in [0.25, 0.3) is 0 Å². The Labute approximate surface area is 313 Å². The summed E-state index contributed by atoms with van der Waals surface area (Å²) in [6.45, 7) is 6.46. The average molecular weight is 756 g/mol. The Bertz CT molecular complexity index is 681. The molecule has 0 saturated heterocycles. The van der Waals surface area contributed by atoms with Gasteiger partial charge >= 0.3 is 0 Å². The van der Waals surface area contributed by atoms with Crippen LogP contribution in [0.1, 0.15) is 181 Å². The van der Waals surface area contributed by atoms with E-state index in [0.717, 1.165) is 19.3 Å². The van der Waals surface area contributed by atoms with E-state index in [1.165, 1.54) is 171 Å². The second-order valence-corrected chi connectivity index (χ2v) is 17.6. The Morgan fingerprint density at radius 3 is 1.33 bits per heavy atom. The quantitative estimate of drug-likeness (QED) is 0.0484. The lowest BCUT2D eigenvalue weighted by Crippen LogP contribution is -2.52. The second kappa shape index (κ2) is 41.4. The van der Waals surface area contributed by atoms with E-state index in [1.807, 2.05) is 0 Å². The predicted octanol–water partition coefficient (Wildman–Crippen LogP) is 10.8. The summed E-state index contributed by atoms with van der Waals surface area (Å²) >= 11 is 4.26. The SMILES string of the molecule is CCCCCCCCCSCCCCCCCCOC[C@H](COP(=O)([O-])OCC[NH3+])OCCCCCCCCSCCCCCCCCC. The van der Waals surface area contributed by atoms with E-state index in [2.05, 4.69) is 43.1 Å². The lowest BCUT2D eigenvalue weighted by molar-refractivity contribution is -0.373. The van der Waals surface area contributed by atoms with Crippen molar-refractivity contribution >= 4 is 31.3 Å². The summed E-state index contributed by atoms with van der Waals surface area (Å²) in [7, 11) is -4.35. The number of thioether (sulfide) groups is 2. The Hall–Kier alpha value is 0.690. The Morgan fingerprint density at radius 2 is 0.898 bits per heavy atom. The van der Waals surface area contributed by atoms with Crippen molar-refractivity contribution in [1.29, 1.82) is 0 Å². The molecule has 0 aromatic rings. The first-order chi connectivity index (χ1) is 24.1. The molecule has 0 rings (SSSR count). The zero-order valence-electron chi connectivity index (χ0n) is 32.5. The molecule has 0 heterocycles. The third-order valence-corrected chi connectivity index (χ3v) is 12.0. The van der Waals surface area contributed by atoms with Gasteiger partial charge in [-0.1, -0.05) is 142 Å². The maximum atomic E-state index is 12.0. The van der Waals surface area contributed by atoms with Crippen molar-refractivity contribution < 1.29 is 33.7 Å².